The van der Waals surface area contributed by atoms with Crippen LogP contribution in [0.2, 0.25) is 0 Å². The molecule has 0 radical (unpaired) electrons. The van der Waals surface area contributed by atoms with Gasteiger partial charge in [0.05, 0.1) is 37.0 Å². The Labute approximate surface area is 236 Å². The molecule has 2 aliphatic heterocycles. The van der Waals surface area contributed by atoms with Gasteiger partial charge < -0.3 is 53.8 Å². The highest BCUT2D eigenvalue weighted by molar-refractivity contribution is 6.11. The Kier molecular flexibility index (Phi) is 13.8. The largest absolute Gasteiger partial charge is 0.394 e. The van der Waals surface area contributed by atoms with Crippen LogP contribution in [0.3, 0.4) is 0 Å². The lowest BCUT2D eigenvalue weighted by Crippen LogP contribution is -2.64. The second kappa shape index (κ2) is 15.8. The molecule has 0 aromatic heterocycles. The number of hydrogen-bond donors (Lipinski definition) is 4. The molecule has 1 amide bonds. The van der Waals surface area contributed by atoms with E-state index in [-0.39, 0.29) is 25.9 Å². The van der Waals surface area contributed by atoms with Gasteiger partial charge in [-0.05, 0) is 40.5 Å². The van der Waals surface area contributed by atoms with E-state index in [1.807, 2.05) is 35.5 Å². The molecule has 2 aliphatic rings. The third-order valence-corrected chi connectivity index (χ3v) is 7.21. The van der Waals surface area contributed by atoms with Crippen LogP contribution < -0.4 is 5.32 Å². The predicted octanol–water partition coefficient (Wildman–Crippen LogP) is -1.20. The van der Waals surface area contributed by atoms with Gasteiger partial charge in [0, 0.05) is 14.0 Å². The van der Waals surface area contributed by atoms with E-state index in [1.54, 1.807) is 0 Å². The van der Waals surface area contributed by atoms with Gasteiger partial charge in [-0.3, -0.25) is 4.79 Å². The number of rotatable bonds is 17. The molecule has 0 saturated carbocycles. The van der Waals surface area contributed by atoms with E-state index in [0.717, 1.165) is 0 Å². The Morgan fingerprint density at radius 3 is 2.23 bits per heavy atom. The zero-order valence-corrected chi connectivity index (χ0v) is 24.6. The maximum Gasteiger partial charge on any atom is 0.217 e. The fourth-order valence-corrected chi connectivity index (χ4v) is 4.67. The lowest BCUT2D eigenvalue weighted by molar-refractivity contribution is -0.272. The van der Waals surface area contributed by atoms with Crippen LogP contribution >= 0.6 is 0 Å². The number of ether oxygens (including phenoxy) is 7. The van der Waals surface area contributed by atoms with E-state index in [2.05, 4.69) is 10.5 Å². The Hall–Kier alpha value is -1.27. The SMILES string of the molecule is BC1OC(CN=O)C(OC)C1OCOC(C)(C)CCOC(C)(C)CCOC1OC(CO)C(O)C(O)C1NC(C)=O. The first-order valence-electron chi connectivity index (χ1n) is 13.6. The molecule has 14 nitrogen and oxygen atoms in total. The van der Waals surface area contributed by atoms with E-state index in [1.165, 1.54) is 14.0 Å². The molecule has 0 aromatic rings. The van der Waals surface area contributed by atoms with Crippen LogP contribution in [0.4, 0.5) is 0 Å². The molecule has 232 valence electrons. The molecule has 0 spiro atoms. The number of amides is 1. The average molecular weight is 578 g/mol. The summed E-state index contributed by atoms with van der Waals surface area (Å²) < 4.78 is 40.5. The van der Waals surface area contributed by atoms with E-state index < -0.39 is 72.7 Å². The first kappa shape index (κ1) is 34.9. The van der Waals surface area contributed by atoms with Crippen molar-refractivity contribution in [3.8, 4) is 0 Å². The maximum absolute atomic E-state index is 11.6. The Morgan fingerprint density at radius 1 is 0.975 bits per heavy atom. The molecule has 9 atom stereocenters. The van der Waals surface area contributed by atoms with E-state index in [4.69, 9.17) is 33.2 Å². The molecule has 40 heavy (non-hydrogen) atoms. The molecule has 15 heteroatoms. The first-order valence-corrected chi connectivity index (χ1v) is 13.6. The molecule has 0 aromatic carbocycles. The number of nitroso groups, excluding NO2 is 1. The van der Waals surface area contributed by atoms with Gasteiger partial charge >= 0.3 is 0 Å². The minimum atomic E-state index is -1.37. The van der Waals surface area contributed by atoms with Crippen LogP contribution in [-0.2, 0) is 38.0 Å². The number of hydrogen-bond acceptors (Lipinski definition) is 13. The van der Waals surface area contributed by atoms with Gasteiger partial charge in [-0.15, -0.1) is 0 Å². The Balaban J connectivity index is 1.76. The number of nitrogens with zero attached hydrogens (tertiary/aromatic N) is 1. The summed E-state index contributed by atoms with van der Waals surface area (Å²) in [5.74, 6) is -0.418. The first-order chi connectivity index (χ1) is 18.7. The van der Waals surface area contributed by atoms with Crippen molar-refractivity contribution < 1.29 is 53.3 Å². The molecule has 2 heterocycles. The van der Waals surface area contributed by atoms with Gasteiger partial charge in [0.2, 0.25) is 5.91 Å². The molecule has 2 fully saturated rings. The summed E-state index contributed by atoms with van der Waals surface area (Å²) in [5, 5.41) is 35.4. The van der Waals surface area contributed by atoms with Gasteiger partial charge in [0.15, 0.2) is 6.29 Å². The quantitative estimate of drug-likeness (QED) is 0.0920. The summed E-state index contributed by atoms with van der Waals surface area (Å²) in [4.78, 5) is 22.2. The number of carbonyl (C=O) groups is 1. The number of aliphatic hydroxyl groups excluding tert-OH is 3. The number of carbonyl (C=O) groups excluding carboxylic acids is 1. The highest BCUT2D eigenvalue weighted by atomic mass is 16.7. The standard InChI is InChI=1S/C25H47BN2O12/c1-14(30)28-17-19(32)18(31)16(12-29)40-23(17)35-9-7-24(2,3)37-10-8-25(4,5)38-13-36-21-20(34-6)15(11-27-33)39-22(21)26/h15-23,29,31-32H,7-13,26H2,1-6H3,(H,28,30). The van der Waals surface area contributed by atoms with Crippen molar-refractivity contribution >= 4 is 13.8 Å². The van der Waals surface area contributed by atoms with E-state index >= 15 is 0 Å². The van der Waals surface area contributed by atoms with Crippen LogP contribution in [0.5, 0.6) is 0 Å². The summed E-state index contributed by atoms with van der Waals surface area (Å²) in [6.07, 6.45) is -5.07. The molecule has 2 rings (SSSR count). The molecule has 9 unspecified atom stereocenters. The van der Waals surface area contributed by atoms with Crippen LogP contribution in [0.1, 0.15) is 47.5 Å². The van der Waals surface area contributed by atoms with E-state index in [9.17, 15) is 25.0 Å². The normalized spacial score (nSPS) is 33.2. The van der Waals surface area contributed by atoms with E-state index in [0.29, 0.717) is 19.4 Å². The minimum Gasteiger partial charge on any atom is -0.394 e. The lowest BCUT2D eigenvalue weighted by Gasteiger charge is -2.42. The summed E-state index contributed by atoms with van der Waals surface area (Å²) in [5.41, 5.74) is -1.14. The zero-order valence-electron chi connectivity index (χ0n) is 24.6. The molecule has 4 N–H and O–H groups in total. The van der Waals surface area contributed by atoms with Gasteiger partial charge in [-0.2, -0.15) is 4.91 Å². The van der Waals surface area contributed by atoms with Gasteiger partial charge in [0.25, 0.3) is 0 Å². The Morgan fingerprint density at radius 2 is 1.62 bits per heavy atom. The van der Waals surface area contributed by atoms with Crippen molar-refractivity contribution in [2.45, 2.75) is 114 Å². The number of nitrogens with one attached hydrogen (secondary N) is 1. The van der Waals surface area contributed by atoms with Gasteiger partial charge in [-0.1, -0.05) is 5.18 Å². The Bertz CT molecular complexity index is 791. The summed E-state index contributed by atoms with van der Waals surface area (Å²) >= 11 is 0. The maximum atomic E-state index is 11.6. The fraction of sp³-hybridized carbons (Fsp3) is 0.960. The predicted molar refractivity (Wildman–Crippen MR) is 144 cm³/mol. The van der Waals surface area contributed by atoms with Crippen molar-refractivity contribution in [1.29, 1.82) is 0 Å². The topological polar surface area (TPSA) is 184 Å². The number of aliphatic hydroxyl groups is 3. The molecule has 0 bridgehead atoms. The van der Waals surface area contributed by atoms with Gasteiger partial charge in [-0.25, -0.2) is 0 Å². The van der Waals surface area contributed by atoms with Crippen molar-refractivity contribution in [3.05, 3.63) is 4.91 Å². The third-order valence-electron chi connectivity index (χ3n) is 7.21. The highest BCUT2D eigenvalue weighted by Crippen LogP contribution is 2.27. The molecular formula is C25H47BN2O12. The van der Waals surface area contributed by atoms with Crippen LogP contribution in [0.25, 0.3) is 0 Å². The summed E-state index contributed by atoms with van der Waals surface area (Å²) in [6.45, 7) is 9.01. The van der Waals surface area contributed by atoms with Crippen molar-refractivity contribution in [1.82, 2.24) is 5.32 Å². The van der Waals surface area contributed by atoms with Crippen LogP contribution in [0.15, 0.2) is 5.18 Å². The lowest BCUT2D eigenvalue weighted by atomic mass is 9.93. The third kappa shape index (κ3) is 10.2. The summed E-state index contributed by atoms with van der Waals surface area (Å²) in [7, 11) is 3.39. The fourth-order valence-electron chi connectivity index (χ4n) is 4.67. The second-order valence-corrected chi connectivity index (χ2v) is 11.5. The van der Waals surface area contributed by atoms with Crippen molar-refractivity contribution in [3.63, 3.8) is 0 Å². The molecule has 2 saturated heterocycles. The number of methoxy groups -OCH3 is 1. The van der Waals surface area contributed by atoms with Gasteiger partial charge in [0.1, 0.15) is 63.8 Å². The molecule has 0 aliphatic carbocycles. The smallest absolute Gasteiger partial charge is 0.217 e. The van der Waals surface area contributed by atoms with Crippen LogP contribution in [-0.4, -0.2) is 136 Å². The zero-order chi connectivity index (χ0) is 30.1. The average Bonchev–Trinajstić information content (AvgIpc) is 3.16. The minimum absolute atomic E-state index is 0.00889. The second-order valence-electron chi connectivity index (χ2n) is 11.5. The monoisotopic (exact) mass is 578 g/mol. The van der Waals surface area contributed by atoms with Crippen molar-refractivity contribution in [2.75, 3.05) is 40.3 Å². The van der Waals surface area contributed by atoms with Crippen molar-refractivity contribution in [2.24, 2.45) is 5.18 Å². The summed E-state index contributed by atoms with van der Waals surface area (Å²) in [6, 6.07) is -1.27. The highest BCUT2D eigenvalue weighted by Gasteiger charge is 2.46. The van der Waals surface area contributed by atoms with Crippen LogP contribution in [0, 0.1) is 4.91 Å². The molecular weight excluding hydrogens is 531 g/mol.